The first kappa shape index (κ1) is 22.7. The lowest BCUT2D eigenvalue weighted by molar-refractivity contribution is 0.00541. The highest BCUT2D eigenvalue weighted by Gasteiger charge is 2.29. The van der Waals surface area contributed by atoms with E-state index < -0.39 is 16.1 Å². The van der Waals surface area contributed by atoms with Crippen LogP contribution in [0, 0.1) is 0 Å². The Morgan fingerprint density at radius 3 is 2.38 bits per heavy atom. The van der Waals surface area contributed by atoms with Crippen molar-refractivity contribution in [3.05, 3.63) is 63.6 Å². The van der Waals surface area contributed by atoms with Gasteiger partial charge in [-0.3, -0.25) is 4.90 Å². The van der Waals surface area contributed by atoms with Crippen molar-refractivity contribution in [2.75, 3.05) is 39.3 Å². The van der Waals surface area contributed by atoms with E-state index in [0.29, 0.717) is 49.2 Å². The minimum Gasteiger partial charge on any atom is -0.389 e. The molecule has 3 rings (SSSR count). The van der Waals surface area contributed by atoms with Gasteiger partial charge in [0.2, 0.25) is 10.0 Å². The number of nitrogens with zero attached hydrogens (tertiary/aromatic N) is 2. The Morgan fingerprint density at radius 2 is 1.72 bits per heavy atom. The number of hydrogen-bond acceptors (Lipinski definition) is 5. The van der Waals surface area contributed by atoms with Crippen molar-refractivity contribution in [2.45, 2.75) is 17.6 Å². The average Bonchev–Trinajstić information content (AvgIpc) is 2.70. The predicted octanol–water partition coefficient (Wildman–Crippen LogP) is 2.99. The van der Waals surface area contributed by atoms with Gasteiger partial charge >= 0.3 is 0 Å². The van der Waals surface area contributed by atoms with Crippen LogP contribution in [-0.2, 0) is 21.4 Å². The van der Waals surface area contributed by atoms with Gasteiger partial charge in [0.15, 0.2) is 0 Å². The van der Waals surface area contributed by atoms with Crippen LogP contribution in [-0.4, -0.2) is 68.2 Å². The molecule has 29 heavy (non-hydrogen) atoms. The molecule has 0 radical (unpaired) electrons. The van der Waals surface area contributed by atoms with Crippen LogP contribution in [0.1, 0.15) is 5.56 Å². The monoisotopic (exact) mass is 502 g/mol. The van der Waals surface area contributed by atoms with Crippen molar-refractivity contribution >= 4 is 37.6 Å². The fraction of sp³-hybridized carbons (Fsp3) is 0.400. The van der Waals surface area contributed by atoms with Crippen LogP contribution in [0.4, 0.5) is 0 Å². The number of benzene rings is 2. The lowest BCUT2D eigenvalue weighted by Gasteiger charge is -2.34. The quantitative estimate of drug-likeness (QED) is 0.600. The number of hydrogen-bond donors (Lipinski definition) is 1. The summed E-state index contributed by atoms with van der Waals surface area (Å²) in [4.78, 5) is 2.35. The molecule has 0 aromatic heterocycles. The summed E-state index contributed by atoms with van der Waals surface area (Å²) in [6, 6.07) is 14.1. The first-order valence-corrected chi connectivity index (χ1v) is 11.9. The Hall–Kier alpha value is -1.00. The SMILES string of the molecule is O=S(=O)(c1ccc(Br)cc1)N1CCN(CC(O)COCc2ccccc2Cl)CC1. The number of halogens is 2. The maximum absolute atomic E-state index is 12.7. The van der Waals surface area contributed by atoms with Crippen LogP contribution in [0.3, 0.4) is 0 Å². The first-order chi connectivity index (χ1) is 13.9. The second kappa shape index (κ2) is 10.3. The number of β-amino-alcohol motifs (C(OH)–C–C–N with tert-alkyl or cyclic N) is 1. The molecule has 1 fully saturated rings. The van der Waals surface area contributed by atoms with E-state index in [1.165, 1.54) is 4.31 Å². The summed E-state index contributed by atoms with van der Waals surface area (Å²) in [5.41, 5.74) is 0.883. The Labute approximate surface area is 185 Å². The molecule has 9 heteroatoms. The number of piperazine rings is 1. The minimum absolute atomic E-state index is 0.197. The second-order valence-corrected chi connectivity index (χ2v) is 10.2. The maximum Gasteiger partial charge on any atom is 0.243 e. The predicted molar refractivity (Wildman–Crippen MR) is 116 cm³/mol. The molecule has 1 aliphatic heterocycles. The Kier molecular flexibility index (Phi) is 8.09. The van der Waals surface area contributed by atoms with Crippen LogP contribution in [0.5, 0.6) is 0 Å². The zero-order chi connectivity index (χ0) is 20.9. The summed E-state index contributed by atoms with van der Waals surface area (Å²) in [6.07, 6.45) is -0.646. The topological polar surface area (TPSA) is 70.1 Å². The molecule has 1 N–H and O–H groups in total. The van der Waals surface area contributed by atoms with Gasteiger partial charge in [0.1, 0.15) is 0 Å². The molecular formula is C20H24BrClN2O4S. The smallest absolute Gasteiger partial charge is 0.243 e. The van der Waals surface area contributed by atoms with Gasteiger partial charge in [-0.15, -0.1) is 0 Å². The molecule has 1 heterocycles. The van der Waals surface area contributed by atoms with Gasteiger partial charge in [-0.05, 0) is 35.9 Å². The van der Waals surface area contributed by atoms with Crippen molar-refractivity contribution in [2.24, 2.45) is 0 Å². The Balaban J connectivity index is 1.43. The van der Waals surface area contributed by atoms with E-state index in [0.717, 1.165) is 10.0 Å². The largest absolute Gasteiger partial charge is 0.389 e. The summed E-state index contributed by atoms with van der Waals surface area (Å²) in [5.74, 6) is 0. The molecule has 0 aliphatic carbocycles. The summed E-state index contributed by atoms with van der Waals surface area (Å²) >= 11 is 9.41. The third-order valence-electron chi connectivity index (χ3n) is 4.78. The molecule has 0 spiro atoms. The van der Waals surface area contributed by atoms with E-state index in [2.05, 4.69) is 20.8 Å². The van der Waals surface area contributed by atoms with Crippen molar-refractivity contribution < 1.29 is 18.3 Å². The molecule has 158 valence electrons. The molecule has 2 aromatic rings. The van der Waals surface area contributed by atoms with Crippen LogP contribution < -0.4 is 0 Å². The van der Waals surface area contributed by atoms with Gasteiger partial charge in [0, 0.05) is 42.2 Å². The summed E-state index contributed by atoms with van der Waals surface area (Å²) in [6.45, 7) is 2.90. The standard InChI is InChI=1S/C20H24BrClN2O4S/c21-17-5-7-19(8-6-17)29(26,27)24-11-9-23(10-12-24)13-18(25)15-28-14-16-3-1-2-4-20(16)22/h1-8,18,25H,9-15H2. The van der Waals surface area contributed by atoms with Crippen molar-refractivity contribution in [1.29, 1.82) is 0 Å². The highest BCUT2D eigenvalue weighted by atomic mass is 79.9. The number of aliphatic hydroxyl groups is 1. The number of aliphatic hydroxyl groups excluding tert-OH is 1. The van der Waals surface area contributed by atoms with Gasteiger partial charge in [-0.2, -0.15) is 4.31 Å². The highest BCUT2D eigenvalue weighted by molar-refractivity contribution is 9.10. The molecule has 1 unspecified atom stereocenters. The number of rotatable bonds is 8. The lowest BCUT2D eigenvalue weighted by Crippen LogP contribution is -2.50. The van der Waals surface area contributed by atoms with Crippen molar-refractivity contribution in [3.8, 4) is 0 Å². The van der Waals surface area contributed by atoms with Crippen LogP contribution in [0.2, 0.25) is 5.02 Å². The van der Waals surface area contributed by atoms with Gasteiger partial charge in [-0.1, -0.05) is 45.7 Å². The molecule has 6 nitrogen and oxygen atoms in total. The Bertz CT molecular complexity index is 903. The second-order valence-electron chi connectivity index (χ2n) is 6.92. The average molecular weight is 504 g/mol. The minimum atomic E-state index is -3.49. The fourth-order valence-corrected chi connectivity index (χ4v) is 5.06. The highest BCUT2D eigenvalue weighted by Crippen LogP contribution is 2.20. The third kappa shape index (κ3) is 6.24. The molecular weight excluding hydrogens is 480 g/mol. The third-order valence-corrected chi connectivity index (χ3v) is 7.59. The zero-order valence-electron chi connectivity index (χ0n) is 15.9. The Morgan fingerprint density at radius 1 is 1.07 bits per heavy atom. The molecule has 0 saturated carbocycles. The molecule has 0 bridgehead atoms. The number of sulfonamides is 1. The van der Waals surface area contributed by atoms with E-state index in [4.69, 9.17) is 16.3 Å². The van der Waals surface area contributed by atoms with E-state index in [-0.39, 0.29) is 6.61 Å². The summed E-state index contributed by atoms with van der Waals surface area (Å²) < 4.78 is 33.4. The van der Waals surface area contributed by atoms with E-state index in [1.807, 2.05) is 18.2 Å². The van der Waals surface area contributed by atoms with E-state index >= 15 is 0 Å². The summed E-state index contributed by atoms with van der Waals surface area (Å²) in [5, 5.41) is 10.9. The molecule has 1 saturated heterocycles. The molecule has 1 atom stereocenters. The van der Waals surface area contributed by atoms with Gasteiger partial charge in [-0.25, -0.2) is 8.42 Å². The van der Waals surface area contributed by atoms with Crippen LogP contribution in [0.25, 0.3) is 0 Å². The maximum atomic E-state index is 12.7. The zero-order valence-corrected chi connectivity index (χ0v) is 19.0. The molecule has 2 aromatic carbocycles. The van der Waals surface area contributed by atoms with E-state index in [9.17, 15) is 13.5 Å². The van der Waals surface area contributed by atoms with Gasteiger partial charge in [0.05, 0.1) is 24.2 Å². The van der Waals surface area contributed by atoms with Crippen molar-refractivity contribution in [1.82, 2.24) is 9.21 Å². The van der Waals surface area contributed by atoms with Gasteiger partial charge < -0.3 is 9.84 Å². The van der Waals surface area contributed by atoms with E-state index in [1.54, 1.807) is 30.3 Å². The summed E-state index contributed by atoms with van der Waals surface area (Å²) in [7, 11) is -3.49. The van der Waals surface area contributed by atoms with Crippen molar-refractivity contribution in [3.63, 3.8) is 0 Å². The normalized spacial score (nSPS) is 17.3. The first-order valence-electron chi connectivity index (χ1n) is 9.33. The lowest BCUT2D eigenvalue weighted by atomic mass is 10.2. The van der Waals surface area contributed by atoms with Gasteiger partial charge in [0.25, 0.3) is 0 Å². The number of ether oxygens (including phenoxy) is 1. The fourth-order valence-electron chi connectivity index (χ4n) is 3.18. The molecule has 0 amide bonds. The van der Waals surface area contributed by atoms with Crippen LogP contribution in [0.15, 0.2) is 57.9 Å². The molecule has 1 aliphatic rings. The van der Waals surface area contributed by atoms with Crippen LogP contribution >= 0.6 is 27.5 Å².